The number of nitrogens with one attached hydrogen (secondary N) is 1. The van der Waals surface area contributed by atoms with Crippen LogP contribution in [-0.2, 0) is 4.79 Å². The molecule has 3 unspecified atom stereocenters. The van der Waals surface area contributed by atoms with Crippen LogP contribution in [0.1, 0.15) is 32.8 Å². The van der Waals surface area contributed by atoms with Gasteiger partial charge in [-0.1, -0.05) is 19.1 Å². The van der Waals surface area contributed by atoms with Crippen LogP contribution in [0.5, 0.6) is 5.75 Å². The van der Waals surface area contributed by atoms with Gasteiger partial charge in [-0.05, 0) is 50.8 Å². The third-order valence-corrected chi connectivity index (χ3v) is 3.04. The number of benzene rings is 1. The van der Waals surface area contributed by atoms with Gasteiger partial charge in [-0.15, -0.1) is 0 Å². The van der Waals surface area contributed by atoms with Crippen molar-refractivity contribution in [3.05, 3.63) is 29.8 Å². The second-order valence-corrected chi connectivity index (χ2v) is 5.51. The van der Waals surface area contributed by atoms with Gasteiger partial charge in [-0.25, -0.2) is 0 Å². The molecule has 20 heavy (non-hydrogen) atoms. The molecule has 0 aliphatic rings. The van der Waals surface area contributed by atoms with E-state index >= 15 is 0 Å². The summed E-state index contributed by atoms with van der Waals surface area (Å²) in [7, 11) is 0. The Morgan fingerprint density at radius 3 is 2.65 bits per heavy atom. The van der Waals surface area contributed by atoms with Crippen molar-refractivity contribution >= 4 is 5.91 Å². The zero-order chi connectivity index (χ0) is 15.1. The lowest BCUT2D eigenvalue weighted by Crippen LogP contribution is -2.38. The van der Waals surface area contributed by atoms with Crippen LogP contribution in [0.25, 0.3) is 0 Å². The smallest absolute Gasteiger partial charge is 0.260 e. The van der Waals surface area contributed by atoms with E-state index in [4.69, 9.17) is 4.74 Å². The van der Waals surface area contributed by atoms with Crippen LogP contribution in [0.4, 0.5) is 0 Å². The van der Waals surface area contributed by atoms with Crippen molar-refractivity contribution in [3.8, 4) is 5.75 Å². The Morgan fingerprint density at radius 1 is 1.35 bits per heavy atom. The maximum Gasteiger partial charge on any atom is 0.260 e. The summed E-state index contributed by atoms with van der Waals surface area (Å²) in [4.78, 5) is 11.9. The number of aryl methyl sites for hydroxylation is 1. The molecule has 0 aliphatic heterocycles. The van der Waals surface area contributed by atoms with E-state index < -0.39 is 6.10 Å². The fourth-order valence-corrected chi connectivity index (χ4v) is 2.03. The number of aliphatic hydroxyl groups excluding tert-OH is 1. The molecular weight excluding hydrogens is 254 g/mol. The summed E-state index contributed by atoms with van der Waals surface area (Å²) in [6.45, 7) is 8.01. The molecule has 112 valence electrons. The Bertz CT molecular complexity index is 431. The molecule has 0 fully saturated rings. The van der Waals surface area contributed by atoms with Gasteiger partial charge < -0.3 is 15.2 Å². The molecule has 0 bridgehead atoms. The first-order valence-electron chi connectivity index (χ1n) is 7.07. The third kappa shape index (κ3) is 6.06. The molecule has 1 aromatic carbocycles. The zero-order valence-electron chi connectivity index (χ0n) is 12.7. The van der Waals surface area contributed by atoms with Gasteiger partial charge in [-0.3, -0.25) is 4.79 Å². The van der Waals surface area contributed by atoms with E-state index in [2.05, 4.69) is 5.32 Å². The van der Waals surface area contributed by atoms with E-state index in [-0.39, 0.29) is 17.9 Å². The summed E-state index contributed by atoms with van der Waals surface area (Å²) in [5, 5.41) is 12.1. The second kappa shape index (κ2) is 7.90. The number of ether oxygens (including phenoxy) is 1. The molecule has 0 aliphatic carbocycles. The molecule has 0 aromatic heterocycles. The number of rotatable bonds is 7. The Labute approximate surface area is 121 Å². The summed E-state index contributed by atoms with van der Waals surface area (Å²) < 4.78 is 5.61. The average molecular weight is 279 g/mol. The van der Waals surface area contributed by atoms with Gasteiger partial charge in [-0.2, -0.15) is 0 Å². The summed E-state index contributed by atoms with van der Waals surface area (Å²) in [5.74, 6) is 0.804. The van der Waals surface area contributed by atoms with E-state index in [1.165, 1.54) is 0 Å². The lowest BCUT2D eigenvalue weighted by atomic mass is 10.0. The Balaban J connectivity index is 2.39. The van der Waals surface area contributed by atoms with Crippen LogP contribution in [0, 0.1) is 12.8 Å². The average Bonchev–Trinajstić information content (AvgIpc) is 2.35. The number of carbonyl (C=O) groups excluding carboxylic acids is 1. The fourth-order valence-electron chi connectivity index (χ4n) is 2.03. The second-order valence-electron chi connectivity index (χ2n) is 5.51. The van der Waals surface area contributed by atoms with Crippen LogP contribution >= 0.6 is 0 Å². The Kier molecular flexibility index (Phi) is 6.52. The maximum atomic E-state index is 11.9. The quantitative estimate of drug-likeness (QED) is 0.805. The summed E-state index contributed by atoms with van der Waals surface area (Å²) in [5.41, 5.74) is 1.10. The zero-order valence-corrected chi connectivity index (χ0v) is 12.7. The SMILES string of the molecule is Cc1cccc(OC(C)C(=O)NCC(C)CC(C)O)c1. The number of hydrogen-bond donors (Lipinski definition) is 2. The van der Waals surface area contributed by atoms with Crippen LogP contribution in [0.15, 0.2) is 24.3 Å². The van der Waals surface area contributed by atoms with E-state index in [0.29, 0.717) is 18.7 Å². The fraction of sp³-hybridized carbons (Fsp3) is 0.562. The molecule has 2 N–H and O–H groups in total. The van der Waals surface area contributed by atoms with Gasteiger partial charge in [0.1, 0.15) is 5.75 Å². The van der Waals surface area contributed by atoms with Gasteiger partial charge in [0, 0.05) is 6.54 Å². The molecule has 4 nitrogen and oxygen atoms in total. The van der Waals surface area contributed by atoms with E-state index in [1.54, 1.807) is 13.8 Å². The first-order valence-corrected chi connectivity index (χ1v) is 7.07. The highest BCUT2D eigenvalue weighted by Crippen LogP contribution is 2.14. The minimum Gasteiger partial charge on any atom is -0.481 e. The normalized spacial score (nSPS) is 15.2. The molecule has 1 aromatic rings. The largest absolute Gasteiger partial charge is 0.481 e. The van der Waals surface area contributed by atoms with E-state index in [0.717, 1.165) is 5.56 Å². The van der Waals surface area contributed by atoms with Gasteiger partial charge in [0.15, 0.2) is 6.10 Å². The van der Waals surface area contributed by atoms with Crippen molar-refractivity contribution in [1.82, 2.24) is 5.32 Å². The van der Waals surface area contributed by atoms with E-state index in [9.17, 15) is 9.90 Å². The summed E-state index contributed by atoms with van der Waals surface area (Å²) in [6, 6.07) is 7.63. The van der Waals surface area contributed by atoms with Gasteiger partial charge in [0.25, 0.3) is 5.91 Å². The first-order chi connectivity index (χ1) is 9.38. The predicted molar refractivity (Wildman–Crippen MR) is 79.7 cm³/mol. The minimum absolute atomic E-state index is 0.135. The first kappa shape index (κ1) is 16.5. The lowest BCUT2D eigenvalue weighted by Gasteiger charge is -2.18. The monoisotopic (exact) mass is 279 g/mol. The van der Waals surface area contributed by atoms with Crippen molar-refractivity contribution in [2.75, 3.05) is 6.54 Å². The van der Waals surface area contributed by atoms with Crippen LogP contribution in [0.3, 0.4) is 0 Å². The van der Waals surface area contributed by atoms with Crippen LogP contribution in [0.2, 0.25) is 0 Å². The molecule has 0 saturated heterocycles. The molecule has 0 spiro atoms. The number of carbonyl (C=O) groups is 1. The molecule has 0 saturated carbocycles. The van der Waals surface area contributed by atoms with Crippen molar-refractivity contribution in [2.24, 2.45) is 5.92 Å². The van der Waals surface area contributed by atoms with Crippen LogP contribution < -0.4 is 10.1 Å². The van der Waals surface area contributed by atoms with Crippen molar-refractivity contribution in [3.63, 3.8) is 0 Å². The summed E-state index contributed by atoms with van der Waals surface area (Å²) in [6.07, 6.45) is -0.202. The Hall–Kier alpha value is -1.55. The molecule has 1 amide bonds. The highest BCUT2D eigenvalue weighted by molar-refractivity contribution is 5.80. The van der Waals surface area contributed by atoms with E-state index in [1.807, 2.05) is 38.1 Å². The summed E-state index contributed by atoms with van der Waals surface area (Å²) >= 11 is 0. The highest BCUT2D eigenvalue weighted by Gasteiger charge is 2.15. The number of aliphatic hydroxyl groups is 1. The minimum atomic E-state index is -0.532. The number of amides is 1. The molecule has 0 heterocycles. The van der Waals surface area contributed by atoms with Crippen molar-refractivity contribution in [2.45, 2.75) is 46.3 Å². The van der Waals surface area contributed by atoms with Crippen molar-refractivity contribution < 1.29 is 14.6 Å². The Morgan fingerprint density at radius 2 is 2.05 bits per heavy atom. The molecule has 1 rings (SSSR count). The standard InChI is InChI=1S/C16H25NO3/c1-11-6-5-7-15(9-11)20-14(4)16(19)17-10-12(2)8-13(3)18/h5-7,9,12-14,18H,8,10H2,1-4H3,(H,17,19). The van der Waals surface area contributed by atoms with Gasteiger partial charge >= 0.3 is 0 Å². The molecule has 0 radical (unpaired) electrons. The molecule has 3 atom stereocenters. The number of hydrogen-bond acceptors (Lipinski definition) is 3. The lowest BCUT2D eigenvalue weighted by molar-refractivity contribution is -0.127. The van der Waals surface area contributed by atoms with Crippen LogP contribution in [-0.4, -0.2) is 29.8 Å². The third-order valence-electron chi connectivity index (χ3n) is 3.04. The van der Waals surface area contributed by atoms with Gasteiger partial charge in [0.2, 0.25) is 0 Å². The topological polar surface area (TPSA) is 58.6 Å². The maximum absolute atomic E-state index is 11.9. The predicted octanol–water partition coefficient (Wildman–Crippen LogP) is 2.29. The van der Waals surface area contributed by atoms with Crippen molar-refractivity contribution in [1.29, 1.82) is 0 Å². The van der Waals surface area contributed by atoms with Gasteiger partial charge in [0.05, 0.1) is 6.10 Å². The molecular formula is C16H25NO3. The highest BCUT2D eigenvalue weighted by atomic mass is 16.5. The molecule has 4 heteroatoms.